The second-order valence-electron chi connectivity index (χ2n) is 4.83. The van der Waals surface area contributed by atoms with Gasteiger partial charge in [0.2, 0.25) is 5.13 Å². The summed E-state index contributed by atoms with van der Waals surface area (Å²) in [5, 5.41) is 22.0. The van der Waals surface area contributed by atoms with Gasteiger partial charge in [-0.1, -0.05) is 23.5 Å². The van der Waals surface area contributed by atoms with Crippen LogP contribution in [0.1, 0.15) is 19.4 Å². The Bertz CT molecular complexity index is 638. The number of anilines is 2. The summed E-state index contributed by atoms with van der Waals surface area (Å²) in [5.41, 5.74) is 1.75. The molecule has 1 aromatic heterocycles. The number of amides is 2. The number of nitrogens with zero attached hydrogens (tertiary/aromatic N) is 2. The first-order chi connectivity index (χ1) is 9.89. The number of aromatic nitrogens is 2. The van der Waals surface area contributed by atoms with E-state index in [1.54, 1.807) is 38.1 Å². The minimum absolute atomic E-state index is 0.399. The summed E-state index contributed by atoms with van der Waals surface area (Å²) in [6.45, 7) is 3.25. The van der Waals surface area contributed by atoms with Gasteiger partial charge < -0.3 is 10.4 Å². The molecule has 2 rings (SSSR count). The molecular formula is C13H14N4O3S. The number of rotatable bonds is 4. The molecule has 110 valence electrons. The molecule has 3 N–H and O–H groups in total. The monoisotopic (exact) mass is 306 g/mol. The van der Waals surface area contributed by atoms with Crippen molar-refractivity contribution in [3.63, 3.8) is 0 Å². The van der Waals surface area contributed by atoms with Crippen molar-refractivity contribution in [3.8, 4) is 0 Å². The van der Waals surface area contributed by atoms with Gasteiger partial charge >= 0.3 is 12.0 Å². The van der Waals surface area contributed by atoms with Crippen molar-refractivity contribution in [2.45, 2.75) is 19.3 Å². The second kappa shape index (κ2) is 5.88. The van der Waals surface area contributed by atoms with E-state index in [1.165, 1.54) is 16.8 Å². The summed E-state index contributed by atoms with van der Waals surface area (Å²) >= 11 is 1.21. The van der Waals surface area contributed by atoms with Crippen LogP contribution in [0.15, 0.2) is 29.8 Å². The number of nitrogens with one attached hydrogen (secondary N) is 2. The van der Waals surface area contributed by atoms with Crippen molar-refractivity contribution in [3.05, 3.63) is 35.3 Å². The Labute approximate surface area is 125 Å². The molecule has 0 bridgehead atoms. The van der Waals surface area contributed by atoms with Gasteiger partial charge in [-0.2, -0.15) is 0 Å². The molecule has 1 aromatic carbocycles. The lowest BCUT2D eigenvalue weighted by atomic mass is 9.85. The summed E-state index contributed by atoms with van der Waals surface area (Å²) in [6, 6.07) is 6.22. The Balaban J connectivity index is 2.02. The average Bonchev–Trinajstić information content (AvgIpc) is 2.91. The van der Waals surface area contributed by atoms with Gasteiger partial charge in [0.15, 0.2) is 0 Å². The fourth-order valence-corrected chi connectivity index (χ4v) is 2.02. The fourth-order valence-electron chi connectivity index (χ4n) is 1.58. The van der Waals surface area contributed by atoms with Crippen molar-refractivity contribution in [2.24, 2.45) is 0 Å². The van der Waals surface area contributed by atoms with Crippen LogP contribution < -0.4 is 10.6 Å². The number of urea groups is 1. The van der Waals surface area contributed by atoms with E-state index >= 15 is 0 Å². The molecule has 0 unspecified atom stereocenters. The quantitative estimate of drug-likeness (QED) is 0.805. The van der Waals surface area contributed by atoms with Crippen molar-refractivity contribution in [1.29, 1.82) is 0 Å². The van der Waals surface area contributed by atoms with E-state index < -0.39 is 17.4 Å². The molecule has 0 radical (unpaired) electrons. The zero-order valence-corrected chi connectivity index (χ0v) is 12.3. The summed E-state index contributed by atoms with van der Waals surface area (Å²) in [7, 11) is 0. The van der Waals surface area contributed by atoms with Gasteiger partial charge in [0.25, 0.3) is 0 Å². The third-order valence-electron chi connectivity index (χ3n) is 2.98. The summed E-state index contributed by atoms with van der Waals surface area (Å²) in [4.78, 5) is 22.9. The number of carboxylic acids is 1. The molecular weight excluding hydrogens is 292 g/mol. The van der Waals surface area contributed by atoms with Crippen LogP contribution in [0.25, 0.3) is 0 Å². The van der Waals surface area contributed by atoms with Gasteiger partial charge in [0, 0.05) is 5.69 Å². The predicted molar refractivity (Wildman–Crippen MR) is 79.7 cm³/mol. The Morgan fingerprint density at radius 1 is 1.19 bits per heavy atom. The number of carbonyl (C=O) groups excluding carboxylic acids is 1. The number of carboxylic acid groups (broad SMARTS) is 1. The van der Waals surface area contributed by atoms with E-state index in [1.807, 2.05) is 0 Å². The van der Waals surface area contributed by atoms with Crippen LogP contribution in [0.5, 0.6) is 0 Å². The number of aliphatic carboxylic acids is 1. The largest absolute Gasteiger partial charge is 0.481 e. The minimum atomic E-state index is -0.979. The number of benzene rings is 1. The molecule has 7 nitrogen and oxygen atoms in total. The van der Waals surface area contributed by atoms with E-state index in [9.17, 15) is 9.59 Å². The van der Waals surface area contributed by atoms with Crippen LogP contribution in [0, 0.1) is 0 Å². The Morgan fingerprint density at radius 2 is 1.86 bits per heavy atom. The maximum atomic E-state index is 11.7. The zero-order valence-electron chi connectivity index (χ0n) is 11.5. The molecule has 1 heterocycles. The molecule has 2 amide bonds. The average molecular weight is 306 g/mol. The Hall–Kier alpha value is -2.48. The number of hydrogen-bond donors (Lipinski definition) is 3. The number of carbonyl (C=O) groups is 2. The van der Waals surface area contributed by atoms with Gasteiger partial charge in [-0.15, -0.1) is 10.2 Å². The van der Waals surface area contributed by atoms with E-state index in [-0.39, 0.29) is 0 Å². The lowest BCUT2D eigenvalue weighted by Crippen LogP contribution is -2.28. The highest BCUT2D eigenvalue weighted by Crippen LogP contribution is 2.24. The molecule has 2 aromatic rings. The van der Waals surface area contributed by atoms with Gasteiger partial charge in [0.05, 0.1) is 5.41 Å². The van der Waals surface area contributed by atoms with Crippen molar-refractivity contribution >= 4 is 34.2 Å². The normalized spacial score (nSPS) is 11.0. The Morgan fingerprint density at radius 3 is 2.38 bits per heavy atom. The highest BCUT2D eigenvalue weighted by Gasteiger charge is 2.29. The van der Waals surface area contributed by atoms with E-state index in [2.05, 4.69) is 20.8 Å². The van der Waals surface area contributed by atoms with Crippen molar-refractivity contribution in [2.75, 3.05) is 10.6 Å². The molecule has 8 heteroatoms. The van der Waals surface area contributed by atoms with Crippen LogP contribution in [0.3, 0.4) is 0 Å². The van der Waals surface area contributed by atoms with Crippen LogP contribution in [0.2, 0.25) is 0 Å². The van der Waals surface area contributed by atoms with Gasteiger partial charge in [-0.05, 0) is 31.5 Å². The summed E-state index contributed by atoms with van der Waals surface area (Å²) in [6.07, 6.45) is 0. The van der Waals surface area contributed by atoms with Crippen LogP contribution in [-0.2, 0) is 10.2 Å². The van der Waals surface area contributed by atoms with Gasteiger partial charge in [-0.25, -0.2) is 4.79 Å². The second-order valence-corrected chi connectivity index (χ2v) is 5.66. The third kappa shape index (κ3) is 3.54. The maximum absolute atomic E-state index is 11.7. The molecule has 0 fully saturated rings. The molecule has 0 aliphatic rings. The molecule has 21 heavy (non-hydrogen) atoms. The topological polar surface area (TPSA) is 104 Å². The molecule has 0 aliphatic carbocycles. The van der Waals surface area contributed by atoms with Crippen molar-refractivity contribution in [1.82, 2.24) is 10.2 Å². The van der Waals surface area contributed by atoms with Gasteiger partial charge in [-0.3, -0.25) is 10.1 Å². The lowest BCUT2D eigenvalue weighted by Gasteiger charge is -2.19. The smallest absolute Gasteiger partial charge is 0.325 e. The predicted octanol–water partition coefficient (Wildman–Crippen LogP) is 2.54. The van der Waals surface area contributed by atoms with Crippen LogP contribution in [-0.4, -0.2) is 27.3 Å². The minimum Gasteiger partial charge on any atom is -0.481 e. The van der Waals surface area contributed by atoms with Crippen LogP contribution in [0.4, 0.5) is 15.6 Å². The van der Waals surface area contributed by atoms with E-state index in [0.717, 1.165) is 0 Å². The zero-order chi connectivity index (χ0) is 15.5. The van der Waals surface area contributed by atoms with E-state index in [4.69, 9.17) is 5.11 Å². The standard InChI is InChI=1S/C13H14N4O3S/c1-13(2,10(18)19)8-3-5-9(6-4-8)15-11(20)16-12-17-14-7-21-12/h3-7H,1-2H3,(H,18,19)(H2,15,16,17,20). The maximum Gasteiger partial charge on any atom is 0.325 e. The highest BCUT2D eigenvalue weighted by atomic mass is 32.1. The van der Waals surface area contributed by atoms with E-state index in [0.29, 0.717) is 16.4 Å². The van der Waals surface area contributed by atoms with Crippen LogP contribution >= 0.6 is 11.3 Å². The highest BCUT2D eigenvalue weighted by molar-refractivity contribution is 7.13. The first kappa shape index (κ1) is 14.9. The molecule has 0 saturated heterocycles. The summed E-state index contributed by atoms with van der Waals surface area (Å²) in [5.74, 6) is -0.905. The summed E-state index contributed by atoms with van der Waals surface area (Å²) < 4.78 is 0. The first-order valence-corrected chi connectivity index (χ1v) is 6.95. The Kier molecular flexibility index (Phi) is 4.18. The van der Waals surface area contributed by atoms with Gasteiger partial charge in [0.1, 0.15) is 5.51 Å². The molecule has 0 spiro atoms. The van der Waals surface area contributed by atoms with Crippen molar-refractivity contribution < 1.29 is 14.7 Å². The molecule has 0 atom stereocenters. The third-order valence-corrected chi connectivity index (χ3v) is 3.59. The first-order valence-electron chi connectivity index (χ1n) is 6.07. The fraction of sp³-hybridized carbons (Fsp3) is 0.231. The molecule has 0 saturated carbocycles. The SMILES string of the molecule is CC(C)(C(=O)O)c1ccc(NC(=O)Nc2nncs2)cc1. The molecule has 0 aliphatic heterocycles. The number of hydrogen-bond acceptors (Lipinski definition) is 5. The lowest BCUT2D eigenvalue weighted by molar-refractivity contribution is -0.142.